The largest absolute Gasteiger partial charge is 0.504 e. The molecule has 2 aromatic heterocycles. The molecule has 0 saturated carbocycles. The highest BCUT2D eigenvalue weighted by Crippen LogP contribution is 2.35. The van der Waals surface area contributed by atoms with Crippen LogP contribution in [-0.4, -0.2) is 28.8 Å². The van der Waals surface area contributed by atoms with Crippen LogP contribution in [0.5, 0.6) is 11.5 Å². The summed E-state index contributed by atoms with van der Waals surface area (Å²) in [6.07, 6.45) is 0.112. The number of methoxy groups -OCH3 is 1. The van der Waals surface area contributed by atoms with Gasteiger partial charge in [-0.1, -0.05) is 24.3 Å². The van der Waals surface area contributed by atoms with Gasteiger partial charge in [0.05, 0.1) is 12.8 Å². The van der Waals surface area contributed by atoms with Crippen molar-refractivity contribution in [3.63, 3.8) is 0 Å². The number of aromatic hydroxyl groups is 1. The third-order valence-electron chi connectivity index (χ3n) is 5.19. The first kappa shape index (κ1) is 20.8. The van der Waals surface area contributed by atoms with Gasteiger partial charge >= 0.3 is 0 Å². The van der Waals surface area contributed by atoms with E-state index in [1.54, 1.807) is 17.4 Å². The molecule has 0 aliphatic rings. The molecule has 31 heavy (non-hydrogen) atoms. The van der Waals surface area contributed by atoms with Crippen molar-refractivity contribution in [2.45, 2.75) is 19.8 Å². The molecule has 5 nitrogen and oxygen atoms in total. The number of aromatic nitrogens is 1. The van der Waals surface area contributed by atoms with Gasteiger partial charge in [-0.3, -0.25) is 9.59 Å². The molecule has 156 valence electrons. The van der Waals surface area contributed by atoms with Gasteiger partial charge in [-0.25, -0.2) is 4.98 Å². The fourth-order valence-corrected chi connectivity index (χ4v) is 4.53. The van der Waals surface area contributed by atoms with Crippen LogP contribution in [0.1, 0.15) is 39.3 Å². The van der Waals surface area contributed by atoms with Crippen molar-refractivity contribution in [1.82, 2.24) is 4.98 Å². The first-order valence-electron chi connectivity index (χ1n) is 9.85. The van der Waals surface area contributed by atoms with Crippen LogP contribution in [0.3, 0.4) is 0 Å². The van der Waals surface area contributed by atoms with Crippen LogP contribution < -0.4 is 4.74 Å². The minimum atomic E-state index is -0.192. The Kier molecular flexibility index (Phi) is 5.82. The quantitative estimate of drug-likeness (QED) is 0.373. The zero-order valence-corrected chi connectivity index (χ0v) is 18.0. The Bertz CT molecular complexity index is 1290. The molecule has 4 aromatic rings. The first-order valence-corrected chi connectivity index (χ1v) is 10.7. The van der Waals surface area contributed by atoms with Gasteiger partial charge in [-0.15, -0.1) is 11.3 Å². The molecule has 0 saturated heterocycles. The van der Waals surface area contributed by atoms with E-state index in [1.165, 1.54) is 35.6 Å². The lowest BCUT2D eigenvalue weighted by Crippen LogP contribution is -2.07. The van der Waals surface area contributed by atoms with Gasteiger partial charge in [0.25, 0.3) is 0 Å². The molecule has 4 rings (SSSR count). The third kappa shape index (κ3) is 4.20. The van der Waals surface area contributed by atoms with E-state index in [0.717, 1.165) is 16.6 Å². The smallest absolute Gasteiger partial charge is 0.181 e. The van der Waals surface area contributed by atoms with Crippen LogP contribution in [0.2, 0.25) is 0 Å². The Hall–Kier alpha value is -3.51. The summed E-state index contributed by atoms with van der Waals surface area (Å²) in [5, 5.41) is 12.9. The lowest BCUT2D eigenvalue weighted by atomic mass is 10.0. The molecule has 0 aliphatic heterocycles. The summed E-state index contributed by atoms with van der Waals surface area (Å²) in [5.41, 5.74) is 3.71. The summed E-state index contributed by atoms with van der Waals surface area (Å²) in [7, 11) is 1.42. The second kappa shape index (κ2) is 8.70. The van der Waals surface area contributed by atoms with Gasteiger partial charge in [-0.05, 0) is 42.8 Å². The number of aryl methyl sites for hydroxylation is 1. The molecule has 0 unspecified atom stereocenters. The Morgan fingerprint density at radius 2 is 1.81 bits per heavy atom. The highest BCUT2D eigenvalue weighted by atomic mass is 32.1. The van der Waals surface area contributed by atoms with Crippen molar-refractivity contribution in [3.8, 4) is 22.8 Å². The van der Waals surface area contributed by atoms with Gasteiger partial charge in [0.2, 0.25) is 0 Å². The highest BCUT2D eigenvalue weighted by molar-refractivity contribution is 7.18. The zero-order valence-electron chi connectivity index (χ0n) is 17.2. The van der Waals surface area contributed by atoms with Crippen LogP contribution >= 0.6 is 11.3 Å². The minimum absolute atomic E-state index is 0.0349. The summed E-state index contributed by atoms with van der Waals surface area (Å²) in [4.78, 5) is 29.8. The number of phenols is 1. The number of thiophene rings is 1. The summed E-state index contributed by atoms with van der Waals surface area (Å²) >= 11 is 1.67. The Morgan fingerprint density at radius 3 is 2.61 bits per heavy atom. The van der Waals surface area contributed by atoms with Crippen LogP contribution in [0.4, 0.5) is 0 Å². The van der Waals surface area contributed by atoms with E-state index in [1.807, 2.05) is 18.2 Å². The Balaban J connectivity index is 1.51. The Morgan fingerprint density at radius 1 is 1.03 bits per heavy atom. The first-order chi connectivity index (χ1) is 15.0. The molecule has 0 atom stereocenters. The molecule has 0 aliphatic carbocycles. The normalized spacial score (nSPS) is 10.9. The molecule has 6 heteroatoms. The van der Waals surface area contributed by atoms with Crippen LogP contribution in [0.25, 0.3) is 21.3 Å². The second-order valence-corrected chi connectivity index (χ2v) is 8.12. The number of hydrogen-bond donors (Lipinski definition) is 1. The number of hydrogen-bond acceptors (Lipinski definition) is 6. The van der Waals surface area contributed by atoms with Gasteiger partial charge in [0.1, 0.15) is 5.69 Å². The predicted molar refractivity (Wildman–Crippen MR) is 122 cm³/mol. The van der Waals surface area contributed by atoms with Crippen molar-refractivity contribution in [2.75, 3.05) is 7.11 Å². The molecule has 0 spiro atoms. The van der Waals surface area contributed by atoms with Crippen molar-refractivity contribution in [2.24, 2.45) is 0 Å². The van der Waals surface area contributed by atoms with Crippen LogP contribution in [-0.2, 0) is 0 Å². The van der Waals surface area contributed by atoms with E-state index in [0.29, 0.717) is 11.3 Å². The van der Waals surface area contributed by atoms with Crippen molar-refractivity contribution in [3.05, 3.63) is 76.8 Å². The average Bonchev–Trinajstić information content (AvgIpc) is 3.23. The number of ether oxygens (including phenoxy) is 1. The minimum Gasteiger partial charge on any atom is -0.504 e. The molecule has 2 aromatic carbocycles. The highest BCUT2D eigenvalue weighted by Gasteiger charge is 2.16. The molecular weight excluding hydrogens is 410 g/mol. The number of ketones is 2. The van der Waals surface area contributed by atoms with Gasteiger partial charge in [-0.2, -0.15) is 0 Å². The molecule has 0 fully saturated rings. The number of rotatable bonds is 7. The second-order valence-electron chi connectivity index (χ2n) is 7.24. The predicted octanol–water partition coefficient (Wildman–Crippen LogP) is 5.83. The van der Waals surface area contributed by atoms with Crippen molar-refractivity contribution < 1.29 is 19.4 Å². The molecular formula is C25H21NO4S. The fraction of sp³-hybridized carbons (Fsp3) is 0.160. The maximum absolute atomic E-state index is 12.7. The number of pyridine rings is 1. The standard InChI is InChI=1S/C25H21NO4S/c1-15-5-3-6-17-18(14-31-25(15)17)19-7-4-8-20(26-19)22(28)12-11-21(27)16-9-10-23(29)24(13-16)30-2/h3-10,13-14,29H,11-12H2,1-2H3. The summed E-state index contributed by atoms with van der Waals surface area (Å²) in [5.74, 6) is -0.184. The number of Topliss-reactive ketones (excluding diaryl/α,β-unsaturated/α-hetero) is 2. The summed E-state index contributed by atoms with van der Waals surface area (Å²) in [6, 6.07) is 16.0. The van der Waals surface area contributed by atoms with E-state index in [-0.39, 0.29) is 35.9 Å². The SMILES string of the molecule is COc1cc(C(=O)CCC(=O)c2cccc(-c3csc4c(C)cccc34)n2)ccc1O. The van der Waals surface area contributed by atoms with Crippen molar-refractivity contribution in [1.29, 1.82) is 0 Å². The van der Waals surface area contributed by atoms with E-state index in [4.69, 9.17) is 4.74 Å². The van der Waals surface area contributed by atoms with Gasteiger partial charge in [0, 0.05) is 39.4 Å². The topological polar surface area (TPSA) is 76.5 Å². The summed E-state index contributed by atoms with van der Waals surface area (Å²) < 4.78 is 6.25. The van der Waals surface area contributed by atoms with Crippen molar-refractivity contribution >= 4 is 33.0 Å². The Labute approximate surface area is 184 Å². The zero-order chi connectivity index (χ0) is 22.0. The molecule has 0 radical (unpaired) electrons. The number of nitrogens with zero attached hydrogens (tertiary/aromatic N) is 1. The number of benzene rings is 2. The van der Waals surface area contributed by atoms with Crippen LogP contribution in [0, 0.1) is 6.92 Å². The van der Waals surface area contributed by atoms with Gasteiger partial charge < -0.3 is 9.84 Å². The molecule has 2 heterocycles. The molecule has 1 N–H and O–H groups in total. The van der Waals surface area contributed by atoms with E-state index in [2.05, 4.69) is 29.4 Å². The lowest BCUT2D eigenvalue weighted by Gasteiger charge is -2.06. The maximum atomic E-state index is 12.7. The monoisotopic (exact) mass is 431 g/mol. The number of phenolic OH excluding ortho intramolecular Hbond substituents is 1. The third-order valence-corrected chi connectivity index (χ3v) is 6.32. The molecule has 0 amide bonds. The van der Waals surface area contributed by atoms with E-state index in [9.17, 15) is 14.7 Å². The van der Waals surface area contributed by atoms with E-state index >= 15 is 0 Å². The number of carbonyl (C=O) groups excluding carboxylic acids is 2. The number of carbonyl (C=O) groups is 2. The molecule has 0 bridgehead atoms. The number of fused-ring (bicyclic) bond motifs is 1. The van der Waals surface area contributed by atoms with E-state index < -0.39 is 0 Å². The van der Waals surface area contributed by atoms with Gasteiger partial charge in [0.15, 0.2) is 23.1 Å². The lowest BCUT2D eigenvalue weighted by molar-refractivity contribution is 0.0915. The average molecular weight is 432 g/mol. The maximum Gasteiger partial charge on any atom is 0.181 e. The fourth-order valence-electron chi connectivity index (χ4n) is 3.49. The van der Waals surface area contributed by atoms with Crippen LogP contribution in [0.15, 0.2) is 60.0 Å². The summed E-state index contributed by atoms with van der Waals surface area (Å²) in [6.45, 7) is 2.08.